The van der Waals surface area contributed by atoms with Gasteiger partial charge >= 0.3 is 0 Å². The Kier molecular flexibility index (Phi) is 5.64. The van der Waals surface area contributed by atoms with E-state index in [0.717, 1.165) is 19.6 Å². The molecule has 1 N–H and O–H groups in total. The minimum absolute atomic E-state index is 0.0195. The Bertz CT molecular complexity index is 432. The molecule has 1 aliphatic heterocycles. The zero-order chi connectivity index (χ0) is 14.4. The third-order valence-electron chi connectivity index (χ3n) is 4.23. The molecule has 1 heterocycles. The van der Waals surface area contributed by atoms with E-state index >= 15 is 0 Å². The smallest absolute Gasteiger partial charge is 0.0535 e. The standard InChI is InChI=1S/C17H25ClN2/c1-3-8-16-13-19-17(2,14-20(16)12-7-11-18)15-9-5-4-6-10-15/h4-7,9-11,16,19H,3,8,12-14H2,1-2H3/b11-7+. The van der Waals surface area contributed by atoms with Crippen molar-refractivity contribution in [2.24, 2.45) is 0 Å². The Hall–Kier alpha value is -0.830. The summed E-state index contributed by atoms with van der Waals surface area (Å²) in [5, 5.41) is 3.75. The van der Waals surface area contributed by atoms with Crippen LogP contribution in [0, 0.1) is 0 Å². The van der Waals surface area contributed by atoms with Crippen molar-refractivity contribution >= 4 is 11.6 Å². The van der Waals surface area contributed by atoms with Crippen LogP contribution in [0.2, 0.25) is 0 Å². The number of nitrogens with zero attached hydrogens (tertiary/aromatic N) is 1. The predicted molar refractivity (Wildman–Crippen MR) is 87.1 cm³/mol. The zero-order valence-corrected chi connectivity index (χ0v) is 13.2. The van der Waals surface area contributed by atoms with Gasteiger partial charge in [0.05, 0.1) is 5.54 Å². The van der Waals surface area contributed by atoms with Crippen molar-refractivity contribution in [3.63, 3.8) is 0 Å². The summed E-state index contributed by atoms with van der Waals surface area (Å²) in [4.78, 5) is 2.55. The highest BCUT2D eigenvalue weighted by Gasteiger charge is 2.35. The van der Waals surface area contributed by atoms with Crippen LogP contribution in [0.5, 0.6) is 0 Å². The molecule has 20 heavy (non-hydrogen) atoms. The molecule has 2 nitrogen and oxygen atoms in total. The van der Waals surface area contributed by atoms with Gasteiger partial charge in [0.15, 0.2) is 0 Å². The molecule has 1 saturated heterocycles. The van der Waals surface area contributed by atoms with E-state index < -0.39 is 0 Å². The molecule has 3 heteroatoms. The molecule has 0 aromatic heterocycles. The zero-order valence-electron chi connectivity index (χ0n) is 12.5. The lowest BCUT2D eigenvalue weighted by Gasteiger charge is -2.46. The van der Waals surface area contributed by atoms with Gasteiger partial charge < -0.3 is 5.32 Å². The SMILES string of the molecule is CCCC1CNC(C)(c2ccccc2)CN1C/C=C/Cl. The summed E-state index contributed by atoms with van der Waals surface area (Å²) in [5.41, 5.74) is 3.01. The number of piperazine rings is 1. The molecule has 0 radical (unpaired) electrons. The van der Waals surface area contributed by atoms with Gasteiger partial charge in [0.25, 0.3) is 0 Å². The van der Waals surface area contributed by atoms with Gasteiger partial charge in [-0.15, -0.1) is 0 Å². The second kappa shape index (κ2) is 7.26. The van der Waals surface area contributed by atoms with E-state index in [4.69, 9.17) is 11.6 Å². The fourth-order valence-electron chi connectivity index (χ4n) is 3.07. The van der Waals surface area contributed by atoms with E-state index in [2.05, 4.69) is 54.4 Å². The van der Waals surface area contributed by atoms with E-state index in [0.29, 0.717) is 6.04 Å². The summed E-state index contributed by atoms with van der Waals surface area (Å²) in [5.74, 6) is 0. The molecule has 2 unspecified atom stereocenters. The summed E-state index contributed by atoms with van der Waals surface area (Å²) < 4.78 is 0. The van der Waals surface area contributed by atoms with Crippen LogP contribution in [0.1, 0.15) is 32.3 Å². The molecule has 0 amide bonds. The van der Waals surface area contributed by atoms with Crippen LogP contribution >= 0.6 is 11.6 Å². The molecule has 1 fully saturated rings. The maximum atomic E-state index is 5.71. The van der Waals surface area contributed by atoms with Gasteiger partial charge in [-0.1, -0.05) is 61.4 Å². The fraction of sp³-hybridized carbons (Fsp3) is 0.529. The van der Waals surface area contributed by atoms with E-state index in [-0.39, 0.29) is 5.54 Å². The topological polar surface area (TPSA) is 15.3 Å². The van der Waals surface area contributed by atoms with Crippen LogP contribution in [-0.2, 0) is 5.54 Å². The first-order valence-corrected chi connectivity index (χ1v) is 7.93. The Morgan fingerprint density at radius 1 is 1.40 bits per heavy atom. The maximum absolute atomic E-state index is 5.71. The molecule has 1 aromatic carbocycles. The van der Waals surface area contributed by atoms with Crippen LogP contribution in [0.4, 0.5) is 0 Å². The second-order valence-corrected chi connectivity index (χ2v) is 6.06. The summed E-state index contributed by atoms with van der Waals surface area (Å²) in [7, 11) is 0. The summed E-state index contributed by atoms with van der Waals surface area (Å²) >= 11 is 5.71. The number of hydrogen-bond acceptors (Lipinski definition) is 2. The van der Waals surface area contributed by atoms with Gasteiger partial charge in [-0.3, -0.25) is 4.90 Å². The Morgan fingerprint density at radius 3 is 2.80 bits per heavy atom. The summed E-state index contributed by atoms with van der Waals surface area (Å²) in [6, 6.07) is 11.3. The van der Waals surface area contributed by atoms with E-state index in [1.165, 1.54) is 18.4 Å². The lowest BCUT2D eigenvalue weighted by atomic mass is 9.87. The lowest BCUT2D eigenvalue weighted by Crippen LogP contribution is -2.61. The molecule has 0 aliphatic carbocycles. The Labute approximate surface area is 127 Å². The highest BCUT2D eigenvalue weighted by atomic mass is 35.5. The van der Waals surface area contributed by atoms with Crippen LogP contribution < -0.4 is 5.32 Å². The Balaban J connectivity index is 2.14. The average Bonchev–Trinajstić information content (AvgIpc) is 2.49. The summed E-state index contributed by atoms with van der Waals surface area (Å²) in [6.45, 7) is 7.53. The first-order chi connectivity index (χ1) is 9.69. The molecule has 2 rings (SSSR count). The molecule has 0 saturated carbocycles. The third kappa shape index (κ3) is 3.63. The normalized spacial score (nSPS) is 28.1. The highest BCUT2D eigenvalue weighted by Crippen LogP contribution is 2.27. The van der Waals surface area contributed by atoms with Crippen molar-refractivity contribution in [3.8, 4) is 0 Å². The molecular weight excluding hydrogens is 268 g/mol. The third-order valence-corrected chi connectivity index (χ3v) is 4.40. The van der Waals surface area contributed by atoms with Crippen LogP contribution in [0.3, 0.4) is 0 Å². The van der Waals surface area contributed by atoms with Crippen molar-refractivity contribution in [1.82, 2.24) is 10.2 Å². The summed E-state index contributed by atoms with van der Waals surface area (Å²) in [6.07, 6.45) is 4.49. The van der Waals surface area contributed by atoms with Crippen molar-refractivity contribution in [3.05, 3.63) is 47.5 Å². The number of benzene rings is 1. The first-order valence-electron chi connectivity index (χ1n) is 7.49. The molecular formula is C17H25ClN2. The maximum Gasteiger partial charge on any atom is 0.0535 e. The predicted octanol–water partition coefficient (Wildman–Crippen LogP) is 3.73. The minimum Gasteiger partial charge on any atom is -0.305 e. The number of rotatable bonds is 5. The van der Waals surface area contributed by atoms with Crippen LogP contribution in [0.15, 0.2) is 41.9 Å². The van der Waals surface area contributed by atoms with E-state index in [9.17, 15) is 0 Å². The van der Waals surface area contributed by atoms with Crippen molar-refractivity contribution in [2.45, 2.75) is 38.3 Å². The number of nitrogens with one attached hydrogen (secondary N) is 1. The Morgan fingerprint density at radius 2 is 2.15 bits per heavy atom. The fourth-order valence-corrected chi connectivity index (χ4v) is 3.15. The van der Waals surface area contributed by atoms with E-state index in [1.54, 1.807) is 5.54 Å². The lowest BCUT2D eigenvalue weighted by molar-refractivity contribution is 0.0915. The largest absolute Gasteiger partial charge is 0.305 e. The van der Waals surface area contributed by atoms with E-state index in [1.807, 2.05) is 6.08 Å². The van der Waals surface area contributed by atoms with Gasteiger partial charge in [-0.2, -0.15) is 0 Å². The molecule has 110 valence electrons. The van der Waals surface area contributed by atoms with Crippen molar-refractivity contribution < 1.29 is 0 Å². The van der Waals surface area contributed by atoms with Gasteiger partial charge in [-0.25, -0.2) is 0 Å². The van der Waals surface area contributed by atoms with Gasteiger partial charge in [-0.05, 0) is 18.9 Å². The molecule has 0 spiro atoms. The van der Waals surface area contributed by atoms with Gasteiger partial charge in [0, 0.05) is 31.2 Å². The van der Waals surface area contributed by atoms with Crippen LogP contribution in [0.25, 0.3) is 0 Å². The molecule has 2 atom stereocenters. The van der Waals surface area contributed by atoms with Gasteiger partial charge in [0.2, 0.25) is 0 Å². The highest BCUT2D eigenvalue weighted by molar-refractivity contribution is 6.25. The monoisotopic (exact) mass is 292 g/mol. The first kappa shape index (κ1) is 15.6. The van der Waals surface area contributed by atoms with Crippen molar-refractivity contribution in [1.29, 1.82) is 0 Å². The second-order valence-electron chi connectivity index (χ2n) is 5.81. The number of hydrogen-bond donors (Lipinski definition) is 1. The number of halogens is 1. The van der Waals surface area contributed by atoms with Crippen molar-refractivity contribution in [2.75, 3.05) is 19.6 Å². The molecule has 1 aliphatic rings. The minimum atomic E-state index is 0.0195. The molecule has 1 aromatic rings. The average molecular weight is 293 g/mol. The van der Waals surface area contributed by atoms with Gasteiger partial charge in [0.1, 0.15) is 0 Å². The quantitative estimate of drug-likeness (QED) is 0.890. The molecule has 0 bridgehead atoms. The van der Waals surface area contributed by atoms with Crippen LogP contribution in [-0.4, -0.2) is 30.6 Å².